The average Bonchev–Trinajstić information content (AvgIpc) is 3.77. The predicted octanol–water partition coefficient (Wildman–Crippen LogP) is 17.2. The summed E-state index contributed by atoms with van der Waals surface area (Å²) in [6.45, 7) is 72.4. The molecule has 0 aliphatic carbocycles. The molecule has 0 bridgehead atoms. The van der Waals surface area contributed by atoms with Gasteiger partial charge in [-0.15, -0.1) is 0 Å². The molecule has 1 aliphatic heterocycles. The number of Topliss-reactive ketones (excluding diaryl/α,β-unsaturated/α-hetero) is 3. The molecular formula is C63H131N2O7S+. The number of thiocarbonyl (C=S) groups is 1. The molecule has 1 saturated heterocycles. The second kappa shape index (κ2) is 45.0. The molecule has 73 heavy (non-hydrogen) atoms. The SMILES string of the molecule is CC(C)C(=O)C(=O)C(C)C.CC(C)C(=O)C(C)C.CC(C)C(=O)N(C)C(C)C.CC(C)C(=S)C(C)C.CC(C)C(C(C)C)=[N+](C)O.CC(C)C(C)C(C)C.CC(C)C(C)C(C)C.CC(C)C1(C(C)C)OCCO1. The lowest BCUT2D eigenvalue weighted by Crippen LogP contribution is -2.41. The van der Waals surface area contributed by atoms with Gasteiger partial charge in [0.05, 0.1) is 13.2 Å². The number of rotatable bonds is 17. The van der Waals surface area contributed by atoms with Crippen molar-refractivity contribution in [1.82, 2.24) is 4.90 Å². The summed E-state index contributed by atoms with van der Waals surface area (Å²) in [6.07, 6.45) is 0. The molecule has 0 aromatic rings. The van der Waals surface area contributed by atoms with Gasteiger partial charge in [-0.05, 0) is 70.8 Å². The molecular weight excluding hydrogens is 929 g/mol. The predicted molar refractivity (Wildman–Crippen MR) is 324 cm³/mol. The minimum Gasteiger partial charge on any atom is -0.347 e. The third kappa shape index (κ3) is 42.7. The zero-order chi connectivity index (χ0) is 60.3. The van der Waals surface area contributed by atoms with Crippen LogP contribution in [0.15, 0.2) is 0 Å². The van der Waals surface area contributed by atoms with Gasteiger partial charge in [0.25, 0.3) is 0 Å². The zero-order valence-corrected chi connectivity index (χ0v) is 56.3. The maximum absolute atomic E-state index is 11.2. The van der Waals surface area contributed by atoms with Crippen LogP contribution in [0.3, 0.4) is 0 Å². The summed E-state index contributed by atoms with van der Waals surface area (Å²) < 4.78 is 12.5. The maximum atomic E-state index is 11.2. The van der Waals surface area contributed by atoms with Gasteiger partial charge in [-0.2, -0.15) is 0 Å². The van der Waals surface area contributed by atoms with Crippen LogP contribution < -0.4 is 0 Å². The number of ketones is 3. The second-order valence-corrected chi connectivity index (χ2v) is 25.8. The van der Waals surface area contributed by atoms with Crippen LogP contribution in [0, 0.1) is 101 Å². The van der Waals surface area contributed by atoms with Crippen LogP contribution in [-0.2, 0) is 28.7 Å². The number of ether oxygens (including phenoxy) is 2. The summed E-state index contributed by atoms with van der Waals surface area (Å²) in [5.41, 5.74) is 1.08. The van der Waals surface area contributed by atoms with Crippen molar-refractivity contribution < 1.29 is 38.6 Å². The molecule has 1 amide bonds. The van der Waals surface area contributed by atoms with Crippen LogP contribution in [0.4, 0.5) is 0 Å². The molecule has 0 spiro atoms. The summed E-state index contributed by atoms with van der Waals surface area (Å²) in [5, 5.41) is 9.15. The van der Waals surface area contributed by atoms with E-state index >= 15 is 0 Å². The molecule has 9 nitrogen and oxygen atoms in total. The van der Waals surface area contributed by atoms with Gasteiger partial charge in [0.2, 0.25) is 23.2 Å². The quantitative estimate of drug-likeness (QED) is 0.0383. The Morgan fingerprint density at radius 1 is 0.438 bits per heavy atom. The van der Waals surface area contributed by atoms with Crippen LogP contribution in [0.2, 0.25) is 0 Å². The van der Waals surface area contributed by atoms with Crippen molar-refractivity contribution in [3.05, 3.63) is 0 Å². The van der Waals surface area contributed by atoms with E-state index in [0.29, 0.717) is 47.3 Å². The number of nitrogens with zero attached hydrogens (tertiary/aromatic N) is 2. The van der Waals surface area contributed by atoms with Crippen LogP contribution in [-0.4, -0.2) is 87.8 Å². The van der Waals surface area contributed by atoms with E-state index in [9.17, 15) is 19.2 Å². The molecule has 1 fully saturated rings. The van der Waals surface area contributed by atoms with Crippen LogP contribution in [0.25, 0.3) is 0 Å². The maximum Gasteiger partial charge on any atom is 0.225 e. The van der Waals surface area contributed by atoms with Crippen LogP contribution >= 0.6 is 12.2 Å². The Morgan fingerprint density at radius 2 is 0.699 bits per heavy atom. The van der Waals surface area contributed by atoms with E-state index in [1.54, 1.807) is 39.6 Å². The molecule has 1 N–H and O–H groups in total. The van der Waals surface area contributed by atoms with Crippen molar-refractivity contribution in [1.29, 1.82) is 0 Å². The zero-order valence-electron chi connectivity index (χ0n) is 55.5. The molecule has 0 aromatic heterocycles. The van der Waals surface area contributed by atoms with Gasteiger partial charge in [0.1, 0.15) is 5.78 Å². The Labute approximate surface area is 462 Å². The van der Waals surface area contributed by atoms with Crippen LogP contribution in [0.5, 0.6) is 0 Å². The molecule has 440 valence electrons. The van der Waals surface area contributed by atoms with Crippen molar-refractivity contribution >= 4 is 46.1 Å². The normalized spacial score (nSPS) is 12.9. The van der Waals surface area contributed by atoms with E-state index in [1.807, 2.05) is 62.4 Å². The fourth-order valence-corrected chi connectivity index (χ4v) is 7.30. The number of amides is 1. The van der Waals surface area contributed by atoms with Crippen molar-refractivity contribution in [2.24, 2.45) is 101 Å². The third-order valence-corrected chi connectivity index (χ3v) is 14.2. The summed E-state index contributed by atoms with van der Waals surface area (Å²) in [5.74, 6) is 7.95. The summed E-state index contributed by atoms with van der Waals surface area (Å²) in [4.78, 5) is 46.9. The highest BCUT2D eigenvalue weighted by Crippen LogP contribution is 2.35. The first-order valence-electron chi connectivity index (χ1n) is 28.7. The largest absolute Gasteiger partial charge is 0.347 e. The van der Waals surface area contributed by atoms with Gasteiger partial charge in [0.15, 0.2) is 12.8 Å². The molecule has 0 atom stereocenters. The van der Waals surface area contributed by atoms with E-state index in [0.717, 1.165) is 54.4 Å². The highest BCUT2D eigenvalue weighted by atomic mass is 32.1. The number of carbonyl (C=O) groups excluding carboxylic acids is 4. The van der Waals surface area contributed by atoms with Gasteiger partial charge >= 0.3 is 0 Å². The Bertz CT molecular complexity index is 1320. The molecule has 1 rings (SSSR count). The molecule has 0 unspecified atom stereocenters. The molecule has 0 saturated carbocycles. The highest BCUT2D eigenvalue weighted by molar-refractivity contribution is 7.80. The van der Waals surface area contributed by atoms with E-state index in [2.05, 4.69) is 152 Å². The Balaban J connectivity index is -0.000000137. The van der Waals surface area contributed by atoms with E-state index in [1.165, 1.54) is 9.60 Å². The first-order valence-corrected chi connectivity index (χ1v) is 29.1. The number of hydrogen-bond donors (Lipinski definition) is 1. The summed E-state index contributed by atoms with van der Waals surface area (Å²) in [7, 11) is 3.52. The monoisotopic (exact) mass is 1060 g/mol. The lowest BCUT2D eigenvalue weighted by Gasteiger charge is -2.35. The van der Waals surface area contributed by atoms with E-state index in [4.69, 9.17) is 26.9 Å². The lowest BCUT2D eigenvalue weighted by atomic mass is 9.88. The smallest absolute Gasteiger partial charge is 0.225 e. The fraction of sp³-hybridized carbons (Fsp3) is 0.905. The standard InChI is InChI=1S/C9H18O2.C8H17NO.C8H18NO.C8H14O2.2C8H18.C7H14O.C7H14S/c1-7(2)9(8(3)4)10-5-6-11-9;1-6(2)8(10)9(5)7(3)4;1-6(2)8(7(3)4)9(5)10;1-5(2)7(9)8(10)6(3)4;2*1-6(2)8(5)7(3)4;2*1-5(2)7(8)6(3)4/h7-8H,5-6H2,1-4H3;6-7H,1-5H3;6-7,10H,1-5H3;5-6H,1-4H3;2*6-8H,1-5H3;2*5-6H,1-4H3/q;;+1;;;;;. The average molecular weight is 1060 g/mol. The molecule has 1 aliphatic rings. The van der Waals surface area contributed by atoms with Crippen molar-refractivity contribution in [3.8, 4) is 0 Å². The second-order valence-electron chi connectivity index (χ2n) is 25.3. The highest BCUT2D eigenvalue weighted by Gasteiger charge is 2.42. The molecule has 0 radical (unpaired) electrons. The van der Waals surface area contributed by atoms with Crippen molar-refractivity contribution in [3.63, 3.8) is 0 Å². The Kier molecular flexibility index (Phi) is 52.4. The van der Waals surface area contributed by atoms with Crippen molar-refractivity contribution in [2.75, 3.05) is 27.3 Å². The van der Waals surface area contributed by atoms with E-state index < -0.39 is 0 Å². The minimum absolute atomic E-state index is 0.118. The third-order valence-electron chi connectivity index (χ3n) is 13.3. The number of hydrogen-bond acceptors (Lipinski definition) is 8. The molecule has 10 heteroatoms. The lowest BCUT2D eigenvalue weighted by molar-refractivity contribution is -0.757. The van der Waals surface area contributed by atoms with Gasteiger partial charge < -0.3 is 14.4 Å². The summed E-state index contributed by atoms with van der Waals surface area (Å²) >= 11 is 5.10. The minimum atomic E-state index is -0.306. The molecule has 1 heterocycles. The first kappa shape index (κ1) is 84.9. The van der Waals surface area contributed by atoms with Crippen molar-refractivity contribution in [2.45, 2.75) is 247 Å². The van der Waals surface area contributed by atoms with Gasteiger partial charge in [0, 0.05) is 66.4 Å². The van der Waals surface area contributed by atoms with Gasteiger partial charge in [-0.1, -0.05) is 234 Å². The first-order chi connectivity index (χ1) is 32.7. The van der Waals surface area contributed by atoms with Gasteiger partial charge in [-0.3, -0.25) is 24.4 Å². The Hall–Kier alpha value is -2.04. The topological polar surface area (TPSA) is 113 Å². The Morgan fingerprint density at radius 3 is 0.753 bits per heavy atom. The van der Waals surface area contributed by atoms with Gasteiger partial charge in [-0.25, -0.2) is 0 Å². The number of carbonyl (C=O) groups is 4. The van der Waals surface area contributed by atoms with Crippen LogP contribution in [0.1, 0.15) is 235 Å². The fourth-order valence-electron chi connectivity index (χ4n) is 7.30. The summed E-state index contributed by atoms with van der Waals surface area (Å²) in [6, 6.07) is 0.315. The molecule has 0 aromatic carbocycles. The van der Waals surface area contributed by atoms with E-state index in [-0.39, 0.29) is 52.9 Å². The number of hydroxylamine groups is 1.